The summed E-state index contributed by atoms with van der Waals surface area (Å²) in [4.78, 5) is 14.6. The molecule has 0 saturated heterocycles. The number of carbonyl (C=O) groups excluding carboxylic acids is 1. The van der Waals surface area contributed by atoms with E-state index in [1.54, 1.807) is 18.0 Å². The maximum atomic E-state index is 12.3. The highest BCUT2D eigenvalue weighted by Gasteiger charge is 2.37. The molecule has 6 heteroatoms. The van der Waals surface area contributed by atoms with Crippen LogP contribution in [0.2, 0.25) is 0 Å². The summed E-state index contributed by atoms with van der Waals surface area (Å²) < 4.78 is 23.7. The summed E-state index contributed by atoms with van der Waals surface area (Å²) in [5.74, 6) is -0.0736. The van der Waals surface area contributed by atoms with E-state index in [0.717, 1.165) is 19.3 Å². The second-order valence-electron chi connectivity index (χ2n) is 5.11. The van der Waals surface area contributed by atoms with Gasteiger partial charge in [-0.15, -0.1) is 11.3 Å². The van der Waals surface area contributed by atoms with Gasteiger partial charge in [-0.25, -0.2) is 8.42 Å². The summed E-state index contributed by atoms with van der Waals surface area (Å²) in [6, 6.07) is 3.42. The normalized spacial score (nSPS) is 24.1. The van der Waals surface area contributed by atoms with Crippen LogP contribution < -0.4 is 0 Å². The predicted molar refractivity (Wildman–Crippen MR) is 77.3 cm³/mol. The summed E-state index contributed by atoms with van der Waals surface area (Å²) in [6.45, 7) is 0. The molecule has 1 aliphatic rings. The average Bonchev–Trinajstić information content (AvgIpc) is 2.90. The lowest BCUT2D eigenvalue weighted by atomic mass is 9.93. The fraction of sp³-hybridized carbons (Fsp3) is 0.615. The molecule has 19 heavy (non-hydrogen) atoms. The van der Waals surface area contributed by atoms with E-state index < -0.39 is 15.1 Å². The third kappa shape index (κ3) is 3.17. The van der Waals surface area contributed by atoms with Gasteiger partial charge >= 0.3 is 0 Å². The van der Waals surface area contributed by atoms with Crippen molar-refractivity contribution in [3.05, 3.63) is 22.4 Å². The third-order valence-electron chi connectivity index (χ3n) is 3.77. The maximum absolute atomic E-state index is 12.3. The average molecular weight is 301 g/mol. The number of rotatable bonds is 3. The summed E-state index contributed by atoms with van der Waals surface area (Å²) in [5.41, 5.74) is 0. The van der Waals surface area contributed by atoms with Gasteiger partial charge in [0.1, 0.15) is 0 Å². The van der Waals surface area contributed by atoms with Gasteiger partial charge in [0, 0.05) is 19.3 Å². The Labute approximate surface area is 118 Å². The van der Waals surface area contributed by atoms with Gasteiger partial charge < -0.3 is 4.90 Å². The molecule has 4 nitrogen and oxygen atoms in total. The molecule has 1 aromatic rings. The van der Waals surface area contributed by atoms with Crippen LogP contribution in [0.5, 0.6) is 0 Å². The molecule has 0 aromatic carbocycles. The molecule has 2 atom stereocenters. The van der Waals surface area contributed by atoms with Crippen LogP contribution in [-0.2, 0) is 9.84 Å². The van der Waals surface area contributed by atoms with Gasteiger partial charge in [0.05, 0.1) is 10.1 Å². The highest BCUT2D eigenvalue weighted by atomic mass is 32.2. The SMILES string of the molecule is CN(C(=O)c1cccs1)[C@H]1CCCC[C@H]1S(C)(=O)=O. The van der Waals surface area contributed by atoms with Crippen molar-refractivity contribution in [1.82, 2.24) is 4.90 Å². The quantitative estimate of drug-likeness (QED) is 0.860. The highest BCUT2D eigenvalue weighted by molar-refractivity contribution is 7.91. The van der Waals surface area contributed by atoms with Crippen LogP contribution in [0.25, 0.3) is 0 Å². The molecule has 106 valence electrons. The van der Waals surface area contributed by atoms with Crippen molar-refractivity contribution in [2.75, 3.05) is 13.3 Å². The van der Waals surface area contributed by atoms with Gasteiger partial charge in [-0.2, -0.15) is 0 Å². The van der Waals surface area contributed by atoms with E-state index in [1.807, 2.05) is 11.4 Å². The van der Waals surface area contributed by atoms with E-state index in [9.17, 15) is 13.2 Å². The Hall–Kier alpha value is -0.880. The number of thiophene rings is 1. The smallest absolute Gasteiger partial charge is 0.263 e. The molecule has 1 aliphatic carbocycles. The van der Waals surface area contributed by atoms with Crippen LogP contribution in [0.4, 0.5) is 0 Å². The van der Waals surface area contributed by atoms with E-state index in [-0.39, 0.29) is 11.9 Å². The standard InChI is InChI=1S/C13H19NO3S2/c1-14(13(15)11-7-5-9-18-11)10-6-3-4-8-12(10)19(2,16)17/h5,7,9-10,12H,3-4,6,8H2,1-2H3/t10-,12+/m0/s1. The molecule has 1 saturated carbocycles. The Balaban J connectivity index is 2.21. The van der Waals surface area contributed by atoms with Gasteiger partial charge in [-0.1, -0.05) is 18.9 Å². The number of carbonyl (C=O) groups is 1. The first kappa shape index (κ1) is 14.5. The Bertz CT molecular complexity index is 536. The molecular weight excluding hydrogens is 282 g/mol. The second kappa shape index (κ2) is 5.63. The third-order valence-corrected chi connectivity index (χ3v) is 6.28. The van der Waals surface area contributed by atoms with Crippen molar-refractivity contribution in [1.29, 1.82) is 0 Å². The summed E-state index contributed by atoms with van der Waals surface area (Å²) in [7, 11) is -1.39. The topological polar surface area (TPSA) is 54.5 Å². The Morgan fingerprint density at radius 3 is 2.63 bits per heavy atom. The molecule has 1 aromatic heterocycles. The molecule has 1 fully saturated rings. The van der Waals surface area contributed by atoms with Crippen molar-refractivity contribution >= 4 is 27.1 Å². The van der Waals surface area contributed by atoms with Gasteiger partial charge in [0.25, 0.3) is 5.91 Å². The lowest BCUT2D eigenvalue weighted by Crippen LogP contribution is -2.49. The van der Waals surface area contributed by atoms with E-state index in [2.05, 4.69) is 0 Å². The van der Waals surface area contributed by atoms with Crippen LogP contribution in [0.1, 0.15) is 35.4 Å². The number of hydrogen-bond donors (Lipinski definition) is 0. The van der Waals surface area contributed by atoms with E-state index >= 15 is 0 Å². The van der Waals surface area contributed by atoms with Gasteiger partial charge in [0.15, 0.2) is 9.84 Å². The fourth-order valence-corrected chi connectivity index (χ4v) is 4.93. The van der Waals surface area contributed by atoms with Crippen LogP contribution in [0.3, 0.4) is 0 Å². The predicted octanol–water partition coefficient (Wildman–Crippen LogP) is 2.18. The Morgan fingerprint density at radius 1 is 1.37 bits per heavy atom. The van der Waals surface area contributed by atoms with E-state index in [0.29, 0.717) is 11.3 Å². The number of sulfone groups is 1. The highest BCUT2D eigenvalue weighted by Crippen LogP contribution is 2.28. The number of amides is 1. The lowest BCUT2D eigenvalue weighted by Gasteiger charge is -2.36. The molecule has 0 bridgehead atoms. The van der Waals surface area contributed by atoms with Crippen molar-refractivity contribution in [2.24, 2.45) is 0 Å². The minimum Gasteiger partial charge on any atom is -0.337 e. The zero-order valence-corrected chi connectivity index (χ0v) is 12.8. The van der Waals surface area contributed by atoms with Crippen LogP contribution >= 0.6 is 11.3 Å². The molecule has 0 aliphatic heterocycles. The largest absolute Gasteiger partial charge is 0.337 e. The zero-order chi connectivity index (χ0) is 14.0. The van der Waals surface area contributed by atoms with Crippen molar-refractivity contribution in [3.8, 4) is 0 Å². The number of nitrogens with zero attached hydrogens (tertiary/aromatic N) is 1. The first-order chi connectivity index (χ1) is 8.91. The van der Waals surface area contributed by atoms with Crippen molar-refractivity contribution < 1.29 is 13.2 Å². The molecule has 1 amide bonds. The fourth-order valence-electron chi connectivity index (χ4n) is 2.74. The number of hydrogen-bond acceptors (Lipinski definition) is 4. The van der Waals surface area contributed by atoms with Gasteiger partial charge in [-0.05, 0) is 24.3 Å². The monoisotopic (exact) mass is 301 g/mol. The van der Waals surface area contributed by atoms with E-state index in [1.165, 1.54) is 17.6 Å². The minimum absolute atomic E-state index is 0.0736. The molecular formula is C13H19NO3S2. The zero-order valence-electron chi connectivity index (χ0n) is 11.2. The minimum atomic E-state index is -3.11. The molecule has 0 radical (unpaired) electrons. The summed E-state index contributed by atoms with van der Waals surface area (Å²) in [6.07, 6.45) is 4.62. The molecule has 0 unspecified atom stereocenters. The molecule has 0 N–H and O–H groups in total. The van der Waals surface area contributed by atoms with Crippen molar-refractivity contribution in [3.63, 3.8) is 0 Å². The first-order valence-corrected chi connectivity index (χ1v) is 9.24. The molecule has 0 spiro atoms. The Kier molecular flexibility index (Phi) is 4.30. The van der Waals surface area contributed by atoms with Crippen LogP contribution in [0.15, 0.2) is 17.5 Å². The molecule has 2 rings (SSSR count). The summed E-state index contributed by atoms with van der Waals surface area (Å²) in [5, 5.41) is 1.44. The maximum Gasteiger partial charge on any atom is 0.263 e. The second-order valence-corrected chi connectivity index (χ2v) is 8.33. The lowest BCUT2D eigenvalue weighted by molar-refractivity contribution is 0.0705. The van der Waals surface area contributed by atoms with Crippen molar-refractivity contribution in [2.45, 2.75) is 37.0 Å². The summed E-state index contributed by atoms with van der Waals surface area (Å²) >= 11 is 1.39. The first-order valence-electron chi connectivity index (χ1n) is 6.41. The van der Waals surface area contributed by atoms with Crippen LogP contribution in [-0.4, -0.2) is 43.8 Å². The van der Waals surface area contributed by atoms with E-state index in [4.69, 9.17) is 0 Å². The molecule has 1 heterocycles. The van der Waals surface area contributed by atoms with Gasteiger partial charge in [-0.3, -0.25) is 4.79 Å². The van der Waals surface area contributed by atoms with Crippen LogP contribution in [0, 0.1) is 0 Å². The van der Waals surface area contributed by atoms with Gasteiger partial charge in [0.2, 0.25) is 0 Å². The Morgan fingerprint density at radius 2 is 2.05 bits per heavy atom.